The minimum absolute atomic E-state index is 0.531. The zero-order valence-corrected chi connectivity index (χ0v) is 6.05. The summed E-state index contributed by atoms with van der Waals surface area (Å²) in [5.74, 6) is 3.48. The molecule has 3 fully saturated rings. The van der Waals surface area contributed by atoms with Gasteiger partial charge in [-0.2, -0.15) is 0 Å². The summed E-state index contributed by atoms with van der Waals surface area (Å²) in [7, 11) is 0. The van der Waals surface area contributed by atoms with E-state index in [0.717, 1.165) is 11.8 Å². The summed E-state index contributed by atoms with van der Waals surface area (Å²) < 4.78 is 0. The average Bonchev–Trinajstić information content (AvgIpc) is 2.12. The summed E-state index contributed by atoms with van der Waals surface area (Å²) in [5, 5.41) is 0. The van der Waals surface area contributed by atoms with Crippen molar-refractivity contribution in [2.45, 2.75) is 25.7 Å². The minimum atomic E-state index is 0.531. The molecule has 0 aromatic carbocycles. The number of fused-ring (bicyclic) bond motifs is 1. The van der Waals surface area contributed by atoms with Crippen molar-refractivity contribution in [1.82, 2.24) is 0 Å². The van der Waals surface area contributed by atoms with Crippen LogP contribution in [0.15, 0.2) is 0 Å². The summed E-state index contributed by atoms with van der Waals surface area (Å²) in [4.78, 5) is 11.3. The summed E-state index contributed by atoms with van der Waals surface area (Å²) in [6.45, 7) is 0. The molecule has 1 heteroatoms. The maximum Gasteiger partial charge on any atom is 0.139 e. The molecule has 0 aliphatic heterocycles. The van der Waals surface area contributed by atoms with Crippen molar-refractivity contribution in [3.63, 3.8) is 0 Å². The van der Waals surface area contributed by atoms with Crippen LogP contribution in [0, 0.1) is 23.7 Å². The van der Waals surface area contributed by atoms with Gasteiger partial charge < -0.3 is 0 Å². The van der Waals surface area contributed by atoms with Crippen LogP contribution in [0.5, 0.6) is 0 Å². The normalized spacial score (nSPS) is 56.6. The van der Waals surface area contributed by atoms with Gasteiger partial charge in [0.25, 0.3) is 0 Å². The second kappa shape index (κ2) is 1.46. The van der Waals surface area contributed by atoms with Gasteiger partial charge in [-0.25, -0.2) is 0 Å². The smallest absolute Gasteiger partial charge is 0.139 e. The molecule has 3 rings (SSSR count). The van der Waals surface area contributed by atoms with E-state index in [1.54, 1.807) is 0 Å². The van der Waals surface area contributed by atoms with E-state index in [1.807, 2.05) is 0 Å². The largest absolute Gasteiger partial charge is 0.299 e. The lowest BCUT2D eigenvalue weighted by Gasteiger charge is -2.39. The Morgan fingerprint density at radius 3 is 2.90 bits per heavy atom. The Bertz CT molecular complexity index is 189. The monoisotopic (exact) mass is 136 g/mol. The number of rotatable bonds is 0. The standard InChI is InChI=1S/C9H12O/c10-9-6-2-1-5-3-7(6)8(9)4-5/h5-8H,1-4H2/t5-,6+,7-,8-/m1/s1. The van der Waals surface area contributed by atoms with Gasteiger partial charge in [0.2, 0.25) is 0 Å². The lowest BCUT2D eigenvalue weighted by molar-refractivity contribution is -0.141. The van der Waals surface area contributed by atoms with Gasteiger partial charge in [-0.05, 0) is 37.5 Å². The van der Waals surface area contributed by atoms with Gasteiger partial charge in [-0.15, -0.1) is 0 Å². The Morgan fingerprint density at radius 1 is 1.10 bits per heavy atom. The maximum atomic E-state index is 11.3. The Hall–Kier alpha value is -0.330. The first kappa shape index (κ1) is 5.34. The molecular formula is C9H12O. The van der Waals surface area contributed by atoms with E-state index in [1.165, 1.54) is 25.7 Å². The molecular weight excluding hydrogens is 124 g/mol. The first-order valence-electron chi connectivity index (χ1n) is 4.40. The fourth-order valence-electron chi connectivity index (χ4n) is 3.33. The van der Waals surface area contributed by atoms with E-state index >= 15 is 0 Å². The summed E-state index contributed by atoms with van der Waals surface area (Å²) in [5.41, 5.74) is 0. The van der Waals surface area contributed by atoms with E-state index in [-0.39, 0.29) is 0 Å². The Balaban J connectivity index is 2.00. The summed E-state index contributed by atoms with van der Waals surface area (Å²) in [6.07, 6.45) is 5.22. The van der Waals surface area contributed by atoms with Crippen LogP contribution in [0.3, 0.4) is 0 Å². The molecule has 0 radical (unpaired) electrons. The maximum absolute atomic E-state index is 11.3. The third-order valence-electron chi connectivity index (χ3n) is 3.84. The molecule has 0 N–H and O–H groups in total. The molecule has 0 spiro atoms. The molecule has 4 atom stereocenters. The lowest BCUT2D eigenvalue weighted by Crippen LogP contribution is -2.44. The van der Waals surface area contributed by atoms with Crippen LogP contribution in [-0.4, -0.2) is 5.78 Å². The van der Waals surface area contributed by atoms with Gasteiger partial charge >= 0.3 is 0 Å². The molecule has 0 amide bonds. The number of carbonyl (C=O) groups excluding carboxylic acids is 1. The first-order chi connectivity index (χ1) is 4.86. The van der Waals surface area contributed by atoms with Gasteiger partial charge in [0.05, 0.1) is 0 Å². The lowest BCUT2D eigenvalue weighted by atomic mass is 9.63. The number of ketones is 1. The molecule has 1 nitrogen and oxygen atoms in total. The highest BCUT2D eigenvalue weighted by molar-refractivity contribution is 5.90. The van der Waals surface area contributed by atoms with Crippen molar-refractivity contribution >= 4 is 5.78 Å². The summed E-state index contributed by atoms with van der Waals surface area (Å²) in [6, 6.07) is 0. The predicted octanol–water partition coefficient (Wildman–Crippen LogP) is 1.62. The highest BCUT2D eigenvalue weighted by Gasteiger charge is 2.56. The molecule has 3 aliphatic carbocycles. The number of hydrogen-bond donors (Lipinski definition) is 0. The first-order valence-corrected chi connectivity index (χ1v) is 4.40. The number of hydrogen-bond acceptors (Lipinski definition) is 1. The van der Waals surface area contributed by atoms with Crippen LogP contribution in [-0.2, 0) is 4.79 Å². The third-order valence-corrected chi connectivity index (χ3v) is 3.84. The van der Waals surface area contributed by atoms with E-state index < -0.39 is 0 Å². The Kier molecular flexibility index (Phi) is 0.781. The zero-order valence-electron chi connectivity index (χ0n) is 6.05. The Morgan fingerprint density at radius 2 is 2.00 bits per heavy atom. The van der Waals surface area contributed by atoms with Crippen molar-refractivity contribution < 1.29 is 4.79 Å². The van der Waals surface area contributed by atoms with Crippen LogP contribution in [0.2, 0.25) is 0 Å². The topological polar surface area (TPSA) is 17.1 Å². The molecule has 54 valence electrons. The second-order valence-electron chi connectivity index (χ2n) is 4.19. The van der Waals surface area contributed by atoms with Gasteiger partial charge in [0.15, 0.2) is 0 Å². The van der Waals surface area contributed by atoms with Crippen molar-refractivity contribution in [2.75, 3.05) is 0 Å². The molecule has 0 saturated heterocycles. The van der Waals surface area contributed by atoms with Crippen LogP contribution >= 0.6 is 0 Å². The van der Waals surface area contributed by atoms with Crippen molar-refractivity contribution in [3.8, 4) is 0 Å². The molecule has 0 heterocycles. The van der Waals surface area contributed by atoms with Crippen LogP contribution in [0.25, 0.3) is 0 Å². The zero-order chi connectivity index (χ0) is 6.72. The van der Waals surface area contributed by atoms with E-state index in [2.05, 4.69) is 0 Å². The molecule has 0 aromatic heterocycles. The fourth-order valence-corrected chi connectivity index (χ4v) is 3.33. The van der Waals surface area contributed by atoms with Crippen molar-refractivity contribution in [1.29, 1.82) is 0 Å². The number of Topliss-reactive ketones (excluding diaryl/α,β-unsaturated/α-hetero) is 1. The molecule has 0 aromatic rings. The third kappa shape index (κ3) is 0.415. The number of carbonyl (C=O) groups is 1. The highest BCUT2D eigenvalue weighted by atomic mass is 16.1. The van der Waals surface area contributed by atoms with E-state index in [0.29, 0.717) is 17.6 Å². The second-order valence-corrected chi connectivity index (χ2v) is 4.19. The molecule has 3 aliphatic rings. The summed E-state index contributed by atoms with van der Waals surface area (Å²) >= 11 is 0. The van der Waals surface area contributed by atoms with E-state index in [9.17, 15) is 4.79 Å². The SMILES string of the molecule is O=C1[C@H]2CC[C@@H]3C[C@H]2[C@H]1C3. The van der Waals surface area contributed by atoms with Crippen molar-refractivity contribution in [2.24, 2.45) is 23.7 Å². The quantitative estimate of drug-likeness (QED) is 0.494. The van der Waals surface area contributed by atoms with Crippen LogP contribution in [0.1, 0.15) is 25.7 Å². The fraction of sp³-hybridized carbons (Fsp3) is 0.889. The molecule has 10 heavy (non-hydrogen) atoms. The van der Waals surface area contributed by atoms with Crippen LogP contribution < -0.4 is 0 Å². The van der Waals surface area contributed by atoms with E-state index in [4.69, 9.17) is 0 Å². The highest BCUT2D eigenvalue weighted by Crippen LogP contribution is 2.57. The molecule has 0 unspecified atom stereocenters. The molecule has 3 saturated carbocycles. The van der Waals surface area contributed by atoms with Gasteiger partial charge in [-0.3, -0.25) is 4.79 Å². The van der Waals surface area contributed by atoms with Gasteiger partial charge in [-0.1, -0.05) is 0 Å². The average molecular weight is 136 g/mol. The predicted molar refractivity (Wildman–Crippen MR) is 37.4 cm³/mol. The molecule has 2 bridgehead atoms. The van der Waals surface area contributed by atoms with Crippen molar-refractivity contribution in [3.05, 3.63) is 0 Å². The Labute approximate surface area is 60.8 Å². The van der Waals surface area contributed by atoms with Gasteiger partial charge in [0.1, 0.15) is 5.78 Å². The van der Waals surface area contributed by atoms with Gasteiger partial charge in [0, 0.05) is 11.8 Å². The van der Waals surface area contributed by atoms with Crippen LogP contribution in [0.4, 0.5) is 0 Å². The minimum Gasteiger partial charge on any atom is -0.299 e.